The minimum absolute atomic E-state index is 0.0358. The van der Waals surface area contributed by atoms with Crippen molar-refractivity contribution in [3.8, 4) is 0 Å². The van der Waals surface area contributed by atoms with Crippen LogP contribution >= 0.6 is 0 Å². The summed E-state index contributed by atoms with van der Waals surface area (Å²) < 4.78 is 56.9. The van der Waals surface area contributed by atoms with Gasteiger partial charge in [0.05, 0.1) is 11.0 Å². The second-order valence-corrected chi connectivity index (χ2v) is 12.2. The third-order valence-corrected chi connectivity index (χ3v) is 7.50. The minimum Gasteiger partial charge on any atom is -0.475 e. The van der Waals surface area contributed by atoms with E-state index in [0.717, 1.165) is 13.0 Å². The fourth-order valence-corrected chi connectivity index (χ4v) is 6.01. The summed E-state index contributed by atoms with van der Waals surface area (Å²) in [6.45, 7) is 13.4. The molecule has 1 amide bonds. The predicted molar refractivity (Wildman–Crippen MR) is 111 cm³/mol. The van der Waals surface area contributed by atoms with Crippen LogP contribution in [0.25, 0.3) is 0 Å². The molecule has 0 aromatic carbocycles. The SMILES string of the molecule is CC(C)CN1CCS(=O)(=O)[C@@H]2CCN(C(=O)CC(C)(C)C)CC[C@@H]21.O=C(O)C(F)(F)F. The first-order chi connectivity index (χ1) is 13.9. The quantitative estimate of drug-likeness (QED) is 0.679. The zero-order valence-corrected chi connectivity index (χ0v) is 19.7. The Bertz CT molecular complexity index is 732. The average molecular weight is 473 g/mol. The van der Waals surface area contributed by atoms with Crippen LogP contribution in [0.3, 0.4) is 0 Å². The van der Waals surface area contributed by atoms with Crippen molar-refractivity contribution in [3.05, 3.63) is 0 Å². The lowest BCUT2D eigenvalue weighted by Gasteiger charge is -2.40. The number of carbonyl (C=O) groups is 2. The first-order valence-corrected chi connectivity index (χ1v) is 12.2. The summed E-state index contributed by atoms with van der Waals surface area (Å²) in [7, 11) is -3.04. The van der Waals surface area contributed by atoms with Crippen molar-refractivity contribution < 1.29 is 36.3 Å². The molecule has 31 heavy (non-hydrogen) atoms. The Hall–Kier alpha value is -1.36. The van der Waals surface area contributed by atoms with Crippen molar-refractivity contribution in [2.75, 3.05) is 31.9 Å². The number of hydrogen-bond acceptors (Lipinski definition) is 5. The van der Waals surface area contributed by atoms with Crippen molar-refractivity contribution in [2.45, 2.75) is 71.3 Å². The molecule has 2 aliphatic rings. The molecular weight excluding hydrogens is 437 g/mol. The lowest BCUT2D eigenvalue weighted by Crippen LogP contribution is -2.55. The van der Waals surface area contributed by atoms with E-state index in [1.54, 1.807) is 0 Å². The number of amides is 1. The molecule has 0 spiro atoms. The maximum atomic E-state index is 12.6. The van der Waals surface area contributed by atoms with Gasteiger partial charge < -0.3 is 10.0 Å². The fourth-order valence-electron chi connectivity index (χ4n) is 3.97. The summed E-state index contributed by atoms with van der Waals surface area (Å²) in [4.78, 5) is 25.7. The lowest BCUT2D eigenvalue weighted by molar-refractivity contribution is -0.192. The van der Waals surface area contributed by atoms with Gasteiger partial charge in [0.1, 0.15) is 0 Å². The van der Waals surface area contributed by atoms with Gasteiger partial charge in [-0.2, -0.15) is 13.2 Å². The molecule has 2 saturated heterocycles. The number of sulfone groups is 1. The van der Waals surface area contributed by atoms with Crippen LogP contribution in [0, 0.1) is 11.3 Å². The number of aliphatic carboxylic acids is 1. The number of halogens is 3. The summed E-state index contributed by atoms with van der Waals surface area (Å²) in [6, 6.07) is 0.0681. The summed E-state index contributed by atoms with van der Waals surface area (Å²) in [5, 5.41) is 6.82. The van der Waals surface area contributed by atoms with Gasteiger partial charge in [-0.1, -0.05) is 34.6 Å². The number of likely N-dealkylation sites (tertiary alicyclic amines) is 1. The second-order valence-electron chi connectivity index (χ2n) is 9.86. The number of carboxylic acid groups (broad SMARTS) is 1. The van der Waals surface area contributed by atoms with Crippen molar-refractivity contribution in [3.63, 3.8) is 0 Å². The molecule has 2 aliphatic heterocycles. The molecule has 0 unspecified atom stereocenters. The van der Waals surface area contributed by atoms with Gasteiger partial charge in [-0.3, -0.25) is 9.69 Å². The molecule has 2 atom stereocenters. The van der Waals surface area contributed by atoms with E-state index in [4.69, 9.17) is 9.90 Å². The van der Waals surface area contributed by atoms with Crippen LogP contribution in [0.15, 0.2) is 0 Å². The van der Waals surface area contributed by atoms with E-state index in [1.165, 1.54) is 0 Å². The van der Waals surface area contributed by atoms with Gasteiger partial charge in [0, 0.05) is 38.6 Å². The van der Waals surface area contributed by atoms with Crippen LogP contribution in [0.4, 0.5) is 13.2 Å². The topological polar surface area (TPSA) is 95.0 Å². The van der Waals surface area contributed by atoms with Gasteiger partial charge in [0.2, 0.25) is 5.91 Å². The van der Waals surface area contributed by atoms with E-state index in [2.05, 4.69) is 39.5 Å². The van der Waals surface area contributed by atoms with Crippen molar-refractivity contribution >= 4 is 21.7 Å². The van der Waals surface area contributed by atoms with E-state index < -0.39 is 22.0 Å². The van der Waals surface area contributed by atoms with Crippen molar-refractivity contribution in [1.29, 1.82) is 0 Å². The molecule has 1 N–H and O–H groups in total. The summed E-state index contributed by atoms with van der Waals surface area (Å²) in [6.07, 6.45) is -3.21. The van der Waals surface area contributed by atoms with E-state index in [1.807, 2.05) is 4.90 Å². The molecule has 0 bridgehead atoms. The fraction of sp³-hybridized carbons (Fsp3) is 0.900. The van der Waals surface area contributed by atoms with E-state index in [0.29, 0.717) is 38.4 Å². The lowest BCUT2D eigenvalue weighted by atomic mass is 9.91. The number of carbonyl (C=O) groups excluding carboxylic acids is 1. The standard InChI is InChI=1S/C18H34N2O3S.C2HF3O2/c1-14(2)13-20-10-11-24(22,23)16-7-9-19(8-6-15(16)20)17(21)12-18(3,4)5;3-2(4,5)1(6)7/h14-16H,6-13H2,1-5H3;(H,6,7)/t15-,16+;/m0./s1. The molecular formula is C20H35F3N2O5S. The first kappa shape index (κ1) is 27.7. The van der Waals surface area contributed by atoms with Crippen molar-refractivity contribution in [2.24, 2.45) is 11.3 Å². The molecule has 2 fully saturated rings. The molecule has 11 heteroatoms. The number of alkyl halides is 3. The van der Waals surface area contributed by atoms with E-state index >= 15 is 0 Å². The smallest absolute Gasteiger partial charge is 0.475 e. The van der Waals surface area contributed by atoms with Crippen LogP contribution in [0.1, 0.15) is 53.9 Å². The van der Waals surface area contributed by atoms with Crippen LogP contribution < -0.4 is 0 Å². The van der Waals surface area contributed by atoms with E-state index in [9.17, 15) is 26.4 Å². The monoisotopic (exact) mass is 472 g/mol. The number of rotatable bonds is 3. The largest absolute Gasteiger partial charge is 0.490 e. The Morgan fingerprint density at radius 3 is 2.03 bits per heavy atom. The molecule has 0 aromatic heterocycles. The minimum atomic E-state index is -5.08. The first-order valence-electron chi connectivity index (χ1n) is 10.5. The molecule has 2 rings (SSSR count). The number of carboxylic acids is 1. The Balaban J connectivity index is 0.000000592. The van der Waals surface area contributed by atoms with Gasteiger partial charge >= 0.3 is 12.1 Å². The maximum absolute atomic E-state index is 12.6. The van der Waals surface area contributed by atoms with Crippen LogP contribution in [0.5, 0.6) is 0 Å². The van der Waals surface area contributed by atoms with Gasteiger partial charge in [-0.05, 0) is 24.2 Å². The molecule has 182 valence electrons. The molecule has 0 aliphatic carbocycles. The molecule has 0 aromatic rings. The zero-order valence-electron chi connectivity index (χ0n) is 18.9. The third kappa shape index (κ3) is 8.96. The Labute approximate surface area is 182 Å². The summed E-state index contributed by atoms with van der Waals surface area (Å²) in [5.74, 6) is -1.81. The maximum Gasteiger partial charge on any atom is 0.490 e. The number of hydrogen-bond donors (Lipinski definition) is 1. The van der Waals surface area contributed by atoms with Crippen LogP contribution in [0.2, 0.25) is 0 Å². The second kappa shape index (κ2) is 10.5. The number of nitrogens with zero attached hydrogens (tertiary/aromatic N) is 2. The highest BCUT2D eigenvalue weighted by atomic mass is 32.2. The molecule has 2 heterocycles. The van der Waals surface area contributed by atoms with Gasteiger partial charge in [0.15, 0.2) is 9.84 Å². The van der Waals surface area contributed by atoms with Gasteiger partial charge in [0.25, 0.3) is 0 Å². The Kier molecular flexibility index (Phi) is 9.38. The van der Waals surface area contributed by atoms with Crippen LogP contribution in [-0.2, 0) is 19.4 Å². The highest BCUT2D eigenvalue weighted by molar-refractivity contribution is 7.92. The summed E-state index contributed by atoms with van der Waals surface area (Å²) in [5.41, 5.74) is -0.0358. The van der Waals surface area contributed by atoms with E-state index in [-0.39, 0.29) is 28.4 Å². The Morgan fingerprint density at radius 1 is 1.06 bits per heavy atom. The molecule has 0 radical (unpaired) electrons. The highest BCUT2D eigenvalue weighted by Crippen LogP contribution is 2.29. The van der Waals surface area contributed by atoms with Gasteiger partial charge in [-0.15, -0.1) is 0 Å². The van der Waals surface area contributed by atoms with Crippen molar-refractivity contribution in [1.82, 2.24) is 9.80 Å². The molecule has 0 saturated carbocycles. The van der Waals surface area contributed by atoms with Gasteiger partial charge in [-0.25, -0.2) is 13.2 Å². The number of fused-ring (bicyclic) bond motifs is 1. The average Bonchev–Trinajstić information content (AvgIpc) is 2.79. The highest BCUT2D eigenvalue weighted by Gasteiger charge is 2.43. The molecule has 7 nitrogen and oxygen atoms in total. The third-order valence-electron chi connectivity index (χ3n) is 5.28. The summed E-state index contributed by atoms with van der Waals surface area (Å²) >= 11 is 0. The normalized spacial score (nSPS) is 24.6. The predicted octanol–water partition coefficient (Wildman–Crippen LogP) is 2.80. The zero-order chi connectivity index (χ0) is 24.2. The van der Waals surface area contributed by atoms with Crippen LogP contribution in [-0.4, -0.2) is 84.6 Å². The Morgan fingerprint density at radius 2 is 1.58 bits per heavy atom.